The first kappa shape index (κ1) is 25.0. The Balaban J connectivity index is 1.37. The van der Waals surface area contributed by atoms with E-state index in [0.29, 0.717) is 18.3 Å². The van der Waals surface area contributed by atoms with E-state index in [2.05, 4.69) is 51.5 Å². The minimum absolute atomic E-state index is 0.0526. The van der Waals surface area contributed by atoms with Crippen LogP contribution in [0.5, 0.6) is 0 Å². The Bertz CT molecular complexity index is 1520. The lowest BCUT2D eigenvalue weighted by molar-refractivity contribution is 0.380. The van der Waals surface area contributed by atoms with Crippen molar-refractivity contribution >= 4 is 44.2 Å². The third kappa shape index (κ3) is 5.23. The molecule has 1 aliphatic rings. The number of hydrogen-bond acceptors (Lipinski definition) is 8. The van der Waals surface area contributed by atoms with E-state index in [0.717, 1.165) is 41.9 Å². The van der Waals surface area contributed by atoms with Gasteiger partial charge in [-0.1, -0.05) is 6.07 Å². The average molecular weight is 521 g/mol. The van der Waals surface area contributed by atoms with Gasteiger partial charge in [0, 0.05) is 73.1 Å². The van der Waals surface area contributed by atoms with Gasteiger partial charge in [0.2, 0.25) is 16.0 Å². The summed E-state index contributed by atoms with van der Waals surface area (Å²) in [6.07, 6.45) is 6.46. The Labute approximate surface area is 217 Å². The van der Waals surface area contributed by atoms with Crippen LogP contribution in [-0.4, -0.2) is 66.4 Å². The smallest absolute Gasteiger partial charge is 0.233 e. The largest absolute Gasteiger partial charge is 0.364 e. The Hall–Kier alpha value is -3.70. The third-order valence-electron chi connectivity index (χ3n) is 6.74. The van der Waals surface area contributed by atoms with Gasteiger partial charge in [-0.15, -0.1) is 0 Å². The standard InChI is InChI=1S/C26H32N8O2S/c1-26(2)18-27-13-15-34(26)22-9-7-21(8-10-22)30-25-29-16-19-11-14-33(24(19)31-25)17-20-6-5-12-28-23(20)32(3)37(4,35)36/h5-12,14,16,27H,13,15,17-18H2,1-4H3,(H,29,30,31). The number of nitrogens with one attached hydrogen (secondary N) is 2. The number of hydrogen-bond donors (Lipinski definition) is 2. The van der Waals surface area contributed by atoms with Gasteiger partial charge in [0.1, 0.15) is 11.5 Å². The predicted octanol–water partition coefficient (Wildman–Crippen LogP) is 3.20. The molecular formula is C26H32N8O2S. The Morgan fingerprint density at radius 1 is 1.14 bits per heavy atom. The number of sulfonamides is 1. The molecule has 4 aromatic rings. The molecule has 5 rings (SSSR count). The Morgan fingerprint density at radius 2 is 1.92 bits per heavy atom. The van der Waals surface area contributed by atoms with Crippen molar-refractivity contribution in [3.05, 3.63) is 66.6 Å². The summed E-state index contributed by atoms with van der Waals surface area (Å²) in [5.74, 6) is 0.884. The number of anilines is 4. The highest BCUT2D eigenvalue weighted by Gasteiger charge is 2.29. The van der Waals surface area contributed by atoms with Crippen LogP contribution in [0.25, 0.3) is 11.0 Å². The summed E-state index contributed by atoms with van der Waals surface area (Å²) in [5, 5.41) is 7.66. The lowest BCUT2D eigenvalue weighted by Crippen LogP contribution is -2.58. The molecule has 1 aromatic carbocycles. The molecule has 0 saturated carbocycles. The Morgan fingerprint density at radius 3 is 2.65 bits per heavy atom. The lowest BCUT2D eigenvalue weighted by atomic mass is 9.99. The molecule has 3 aromatic heterocycles. The van der Waals surface area contributed by atoms with Crippen molar-refractivity contribution in [2.24, 2.45) is 0 Å². The first-order valence-corrected chi connectivity index (χ1v) is 14.0. The lowest BCUT2D eigenvalue weighted by Gasteiger charge is -2.44. The predicted molar refractivity (Wildman–Crippen MR) is 148 cm³/mol. The monoisotopic (exact) mass is 520 g/mol. The van der Waals surface area contributed by atoms with Crippen LogP contribution in [0, 0.1) is 0 Å². The molecule has 0 unspecified atom stereocenters. The van der Waals surface area contributed by atoms with Crippen molar-refractivity contribution in [1.29, 1.82) is 0 Å². The minimum atomic E-state index is -3.44. The van der Waals surface area contributed by atoms with Crippen molar-refractivity contribution in [3.63, 3.8) is 0 Å². The fraction of sp³-hybridized carbons (Fsp3) is 0.346. The summed E-state index contributed by atoms with van der Waals surface area (Å²) in [4.78, 5) is 16.0. The summed E-state index contributed by atoms with van der Waals surface area (Å²) in [6.45, 7) is 7.80. The van der Waals surface area contributed by atoms with E-state index in [9.17, 15) is 8.42 Å². The molecule has 0 bridgehead atoms. The van der Waals surface area contributed by atoms with E-state index in [4.69, 9.17) is 4.98 Å². The molecular weight excluding hydrogens is 488 g/mol. The van der Waals surface area contributed by atoms with E-state index in [-0.39, 0.29) is 5.54 Å². The van der Waals surface area contributed by atoms with Crippen LogP contribution in [0.3, 0.4) is 0 Å². The number of rotatable bonds is 7. The second-order valence-corrected chi connectivity index (χ2v) is 12.0. The van der Waals surface area contributed by atoms with Crippen LogP contribution in [0.4, 0.5) is 23.1 Å². The number of aromatic nitrogens is 4. The SMILES string of the molecule is CN(c1ncccc1Cn1ccc2cnc(Nc3ccc(N4CCNCC4(C)C)cc3)nc21)S(C)(=O)=O. The summed E-state index contributed by atoms with van der Waals surface area (Å²) >= 11 is 0. The van der Waals surface area contributed by atoms with E-state index in [1.54, 1.807) is 18.5 Å². The maximum absolute atomic E-state index is 12.1. The van der Waals surface area contributed by atoms with Gasteiger partial charge in [0.25, 0.3) is 0 Å². The zero-order chi connectivity index (χ0) is 26.2. The highest BCUT2D eigenvalue weighted by Crippen LogP contribution is 2.28. The first-order valence-electron chi connectivity index (χ1n) is 12.2. The zero-order valence-corrected chi connectivity index (χ0v) is 22.3. The van der Waals surface area contributed by atoms with Crippen molar-refractivity contribution in [1.82, 2.24) is 24.8 Å². The minimum Gasteiger partial charge on any atom is -0.364 e. The van der Waals surface area contributed by atoms with E-state index in [1.165, 1.54) is 23.3 Å². The number of piperazine rings is 1. The van der Waals surface area contributed by atoms with Gasteiger partial charge >= 0.3 is 0 Å². The van der Waals surface area contributed by atoms with Crippen molar-refractivity contribution in [3.8, 4) is 0 Å². The van der Waals surface area contributed by atoms with Gasteiger partial charge in [0.05, 0.1) is 12.8 Å². The summed E-state index contributed by atoms with van der Waals surface area (Å²) in [6, 6.07) is 14.0. The molecule has 10 nitrogen and oxygen atoms in total. The molecule has 1 aliphatic heterocycles. The van der Waals surface area contributed by atoms with Gasteiger partial charge in [-0.25, -0.2) is 18.4 Å². The molecule has 0 amide bonds. The van der Waals surface area contributed by atoms with Crippen LogP contribution >= 0.6 is 0 Å². The number of nitrogens with zero attached hydrogens (tertiary/aromatic N) is 6. The van der Waals surface area contributed by atoms with Gasteiger partial charge in [0.15, 0.2) is 0 Å². The third-order valence-corrected chi connectivity index (χ3v) is 7.91. The number of pyridine rings is 1. The number of fused-ring (bicyclic) bond motifs is 1. The van der Waals surface area contributed by atoms with E-state index in [1.807, 2.05) is 35.0 Å². The molecule has 11 heteroatoms. The molecule has 0 aliphatic carbocycles. The van der Waals surface area contributed by atoms with Crippen molar-refractivity contribution in [2.45, 2.75) is 25.9 Å². The molecule has 4 heterocycles. The highest BCUT2D eigenvalue weighted by atomic mass is 32.2. The fourth-order valence-electron chi connectivity index (χ4n) is 4.65. The zero-order valence-electron chi connectivity index (χ0n) is 21.5. The molecule has 2 N–H and O–H groups in total. The normalized spacial score (nSPS) is 15.6. The topological polar surface area (TPSA) is 108 Å². The maximum atomic E-state index is 12.1. The molecule has 0 radical (unpaired) electrons. The summed E-state index contributed by atoms with van der Waals surface area (Å²) in [7, 11) is -1.93. The molecule has 194 valence electrons. The molecule has 1 saturated heterocycles. The average Bonchev–Trinajstić information content (AvgIpc) is 3.26. The van der Waals surface area contributed by atoms with Crippen molar-refractivity contribution < 1.29 is 8.42 Å². The fourth-order valence-corrected chi connectivity index (χ4v) is 5.13. The van der Waals surface area contributed by atoms with Crippen LogP contribution in [0.15, 0.2) is 61.1 Å². The quantitative estimate of drug-likeness (QED) is 0.383. The molecule has 0 atom stereocenters. The van der Waals surface area contributed by atoms with E-state index < -0.39 is 10.0 Å². The molecule has 37 heavy (non-hydrogen) atoms. The highest BCUT2D eigenvalue weighted by molar-refractivity contribution is 7.92. The Kier molecular flexibility index (Phi) is 6.50. The molecule has 1 fully saturated rings. The van der Waals surface area contributed by atoms with Gasteiger partial charge < -0.3 is 20.1 Å². The summed E-state index contributed by atoms with van der Waals surface area (Å²) in [5.41, 5.74) is 3.66. The van der Waals surface area contributed by atoms with Crippen LogP contribution < -0.4 is 19.8 Å². The maximum Gasteiger partial charge on any atom is 0.233 e. The first-order chi connectivity index (χ1) is 17.6. The van der Waals surface area contributed by atoms with Crippen LogP contribution in [-0.2, 0) is 16.6 Å². The van der Waals surface area contributed by atoms with Gasteiger partial charge in [-0.05, 0) is 50.2 Å². The number of benzene rings is 1. The summed E-state index contributed by atoms with van der Waals surface area (Å²) < 4.78 is 27.4. The second kappa shape index (κ2) is 9.64. The van der Waals surface area contributed by atoms with E-state index >= 15 is 0 Å². The van der Waals surface area contributed by atoms with Crippen LogP contribution in [0.1, 0.15) is 19.4 Å². The van der Waals surface area contributed by atoms with Gasteiger partial charge in [-0.3, -0.25) is 4.31 Å². The second-order valence-electron chi connectivity index (χ2n) is 9.95. The van der Waals surface area contributed by atoms with Crippen molar-refractivity contribution in [2.75, 3.05) is 47.5 Å². The van der Waals surface area contributed by atoms with Gasteiger partial charge in [-0.2, -0.15) is 4.98 Å². The molecule has 0 spiro atoms. The van der Waals surface area contributed by atoms with Crippen LogP contribution in [0.2, 0.25) is 0 Å².